The highest BCUT2D eigenvalue weighted by Gasteiger charge is 2.24. The highest BCUT2D eigenvalue weighted by Crippen LogP contribution is 2.25. The van der Waals surface area contributed by atoms with Crippen molar-refractivity contribution >= 4 is 29.4 Å². The Labute approximate surface area is 176 Å². The summed E-state index contributed by atoms with van der Waals surface area (Å²) in [6.07, 6.45) is 3.22. The number of nitrogens with zero attached hydrogens (tertiary/aromatic N) is 5. The van der Waals surface area contributed by atoms with Gasteiger partial charge in [0.2, 0.25) is 5.91 Å². The molecule has 2 aromatic heterocycles. The maximum Gasteiger partial charge on any atom is 0.223 e. The number of aromatic nitrogens is 4. The Morgan fingerprint density at radius 2 is 1.86 bits per heavy atom. The van der Waals surface area contributed by atoms with Crippen molar-refractivity contribution in [2.75, 3.05) is 18.1 Å². The number of hydrogen-bond donors (Lipinski definition) is 0. The molecular formula is C20H20FN5OS2. The van der Waals surface area contributed by atoms with Gasteiger partial charge in [0, 0.05) is 35.6 Å². The van der Waals surface area contributed by atoms with Gasteiger partial charge in [0.15, 0.2) is 11.0 Å². The lowest BCUT2D eigenvalue weighted by atomic mass is 10.4. The Kier molecular flexibility index (Phi) is 6.46. The molecule has 1 saturated heterocycles. The van der Waals surface area contributed by atoms with Crippen LogP contribution in [0.25, 0.3) is 5.82 Å². The first-order chi connectivity index (χ1) is 14.2. The van der Waals surface area contributed by atoms with Gasteiger partial charge in [-0.05, 0) is 42.8 Å². The van der Waals surface area contributed by atoms with Crippen LogP contribution < -0.4 is 0 Å². The van der Waals surface area contributed by atoms with Crippen molar-refractivity contribution in [1.82, 2.24) is 24.6 Å². The van der Waals surface area contributed by atoms with Gasteiger partial charge in [-0.1, -0.05) is 17.8 Å². The van der Waals surface area contributed by atoms with Gasteiger partial charge < -0.3 is 4.90 Å². The van der Waals surface area contributed by atoms with Gasteiger partial charge in [-0.3, -0.25) is 9.36 Å². The van der Waals surface area contributed by atoms with Crippen LogP contribution in [-0.2, 0) is 11.3 Å². The lowest BCUT2D eigenvalue weighted by molar-refractivity contribution is -0.128. The molecule has 4 rings (SSSR count). The van der Waals surface area contributed by atoms with Crippen LogP contribution in [0, 0.1) is 5.82 Å². The number of carbonyl (C=O) groups is 1. The predicted molar refractivity (Wildman–Crippen MR) is 112 cm³/mol. The van der Waals surface area contributed by atoms with Crippen molar-refractivity contribution in [2.24, 2.45) is 0 Å². The Bertz CT molecular complexity index is 965. The third-order valence-electron chi connectivity index (χ3n) is 4.48. The fraction of sp³-hybridized carbons (Fsp3) is 0.300. The van der Waals surface area contributed by atoms with Crippen LogP contribution in [0.15, 0.2) is 58.7 Å². The first-order valence-corrected chi connectivity index (χ1v) is 11.3. The van der Waals surface area contributed by atoms with E-state index in [4.69, 9.17) is 0 Å². The van der Waals surface area contributed by atoms with E-state index in [9.17, 15) is 9.18 Å². The first kappa shape index (κ1) is 19.9. The Hall–Kier alpha value is -2.39. The van der Waals surface area contributed by atoms with E-state index in [0.717, 1.165) is 40.3 Å². The minimum Gasteiger partial charge on any atom is -0.335 e. The van der Waals surface area contributed by atoms with Gasteiger partial charge in [-0.25, -0.2) is 9.37 Å². The summed E-state index contributed by atoms with van der Waals surface area (Å²) in [6, 6.07) is 12.2. The van der Waals surface area contributed by atoms with Crippen molar-refractivity contribution in [2.45, 2.75) is 29.4 Å². The number of rotatable bonds is 8. The Morgan fingerprint density at radius 3 is 2.59 bits per heavy atom. The standard InChI is InChI=1S/C20H20FN5OS2/c21-15-6-8-16(9-7-15)28-12-13-29-20-24-23-18(14-25-11-3-5-19(25)27)26(20)17-4-1-2-10-22-17/h1-2,4,6-10H,3,5,11-14H2. The summed E-state index contributed by atoms with van der Waals surface area (Å²) in [6.45, 7) is 1.19. The quantitative estimate of drug-likeness (QED) is 0.401. The molecule has 0 saturated carbocycles. The maximum absolute atomic E-state index is 13.0. The highest BCUT2D eigenvalue weighted by atomic mass is 32.2. The lowest BCUT2D eigenvalue weighted by Crippen LogP contribution is -2.25. The number of halogens is 1. The van der Waals surface area contributed by atoms with Crippen LogP contribution in [0.4, 0.5) is 4.39 Å². The van der Waals surface area contributed by atoms with Gasteiger partial charge in [-0.2, -0.15) is 0 Å². The molecular weight excluding hydrogens is 409 g/mol. The molecule has 150 valence electrons. The minimum atomic E-state index is -0.226. The summed E-state index contributed by atoms with van der Waals surface area (Å²) >= 11 is 3.26. The fourth-order valence-corrected chi connectivity index (χ4v) is 4.92. The van der Waals surface area contributed by atoms with Gasteiger partial charge in [-0.15, -0.1) is 22.0 Å². The summed E-state index contributed by atoms with van der Waals surface area (Å²) in [4.78, 5) is 19.3. The highest BCUT2D eigenvalue weighted by molar-refractivity contribution is 8.02. The third kappa shape index (κ3) is 4.97. The average molecular weight is 430 g/mol. The van der Waals surface area contributed by atoms with E-state index in [1.54, 1.807) is 41.9 Å². The third-order valence-corrected chi connectivity index (χ3v) is 6.68. The molecule has 0 N–H and O–H groups in total. The zero-order valence-corrected chi connectivity index (χ0v) is 17.3. The molecule has 0 spiro atoms. The number of likely N-dealkylation sites (tertiary alicyclic amines) is 1. The molecule has 1 aliphatic heterocycles. The fourth-order valence-electron chi connectivity index (χ4n) is 3.08. The van der Waals surface area contributed by atoms with E-state index >= 15 is 0 Å². The summed E-state index contributed by atoms with van der Waals surface area (Å²) in [7, 11) is 0. The second-order valence-electron chi connectivity index (χ2n) is 6.49. The van der Waals surface area contributed by atoms with E-state index in [1.165, 1.54) is 12.1 Å². The van der Waals surface area contributed by atoms with Gasteiger partial charge in [0.1, 0.15) is 11.6 Å². The molecule has 6 nitrogen and oxygen atoms in total. The smallest absolute Gasteiger partial charge is 0.223 e. The molecule has 0 bridgehead atoms. The number of benzene rings is 1. The van der Waals surface area contributed by atoms with Gasteiger partial charge >= 0.3 is 0 Å². The van der Waals surface area contributed by atoms with Crippen LogP contribution in [0.3, 0.4) is 0 Å². The molecule has 0 radical (unpaired) electrons. The first-order valence-electron chi connectivity index (χ1n) is 9.35. The van der Waals surface area contributed by atoms with E-state index in [0.29, 0.717) is 18.8 Å². The summed E-state index contributed by atoms with van der Waals surface area (Å²) in [5, 5.41) is 9.46. The molecule has 0 atom stereocenters. The van der Waals surface area contributed by atoms with E-state index in [1.807, 2.05) is 27.7 Å². The molecule has 0 aliphatic carbocycles. The van der Waals surface area contributed by atoms with Gasteiger partial charge in [0.25, 0.3) is 0 Å². The Morgan fingerprint density at radius 1 is 1.03 bits per heavy atom. The number of amides is 1. The van der Waals surface area contributed by atoms with Crippen LogP contribution in [-0.4, -0.2) is 48.6 Å². The second-order valence-corrected chi connectivity index (χ2v) is 8.72. The largest absolute Gasteiger partial charge is 0.335 e. The van der Waals surface area contributed by atoms with Gasteiger partial charge in [0.05, 0.1) is 6.54 Å². The van der Waals surface area contributed by atoms with Crippen molar-refractivity contribution in [3.63, 3.8) is 0 Å². The number of hydrogen-bond acceptors (Lipinski definition) is 6. The molecule has 29 heavy (non-hydrogen) atoms. The van der Waals surface area contributed by atoms with E-state index in [2.05, 4.69) is 15.2 Å². The number of carbonyl (C=O) groups excluding carboxylic acids is 1. The predicted octanol–water partition coefficient (Wildman–Crippen LogP) is 3.81. The zero-order chi connectivity index (χ0) is 20.1. The molecule has 3 heterocycles. The van der Waals surface area contributed by atoms with Crippen molar-refractivity contribution in [1.29, 1.82) is 0 Å². The van der Waals surface area contributed by atoms with Crippen LogP contribution >= 0.6 is 23.5 Å². The molecule has 9 heteroatoms. The van der Waals surface area contributed by atoms with E-state index in [-0.39, 0.29) is 11.7 Å². The van der Waals surface area contributed by atoms with Crippen LogP contribution in [0.1, 0.15) is 18.7 Å². The summed E-state index contributed by atoms with van der Waals surface area (Å²) in [5.41, 5.74) is 0. The summed E-state index contributed by atoms with van der Waals surface area (Å²) < 4.78 is 14.9. The topological polar surface area (TPSA) is 63.9 Å². The minimum absolute atomic E-state index is 0.158. The van der Waals surface area contributed by atoms with Crippen LogP contribution in [0.5, 0.6) is 0 Å². The Balaban J connectivity index is 1.45. The lowest BCUT2D eigenvalue weighted by Gasteiger charge is -2.16. The number of pyridine rings is 1. The monoisotopic (exact) mass is 429 g/mol. The number of thioether (sulfide) groups is 2. The molecule has 1 aliphatic rings. The van der Waals surface area contributed by atoms with Crippen LogP contribution in [0.2, 0.25) is 0 Å². The molecule has 1 fully saturated rings. The molecule has 0 unspecified atom stereocenters. The second kappa shape index (κ2) is 9.41. The van der Waals surface area contributed by atoms with Crippen molar-refractivity contribution in [3.05, 3.63) is 60.3 Å². The average Bonchev–Trinajstić information content (AvgIpc) is 3.33. The van der Waals surface area contributed by atoms with Crippen molar-refractivity contribution in [3.8, 4) is 5.82 Å². The SMILES string of the molecule is O=C1CCCN1Cc1nnc(SCCSc2ccc(F)cc2)n1-c1ccccn1. The van der Waals surface area contributed by atoms with Crippen molar-refractivity contribution < 1.29 is 9.18 Å². The van der Waals surface area contributed by atoms with E-state index < -0.39 is 0 Å². The maximum atomic E-state index is 13.0. The molecule has 1 amide bonds. The molecule has 3 aromatic rings. The normalized spacial score (nSPS) is 14.0. The summed E-state index contributed by atoms with van der Waals surface area (Å²) in [5.74, 6) is 3.06. The molecule has 1 aromatic carbocycles. The zero-order valence-electron chi connectivity index (χ0n) is 15.7.